The van der Waals surface area contributed by atoms with Gasteiger partial charge in [0.1, 0.15) is 17.4 Å². The van der Waals surface area contributed by atoms with Crippen LogP contribution in [0.15, 0.2) is 53.1 Å². The highest BCUT2D eigenvalue weighted by Gasteiger charge is 2.42. The molecule has 1 aliphatic heterocycles. The largest absolute Gasteiger partial charge is 0.361 e. The van der Waals surface area contributed by atoms with Crippen LogP contribution in [-0.2, 0) is 16.3 Å². The lowest BCUT2D eigenvalue weighted by Crippen LogP contribution is -2.53. The second kappa shape index (κ2) is 9.87. The molecule has 7 nitrogen and oxygen atoms in total. The number of benzene rings is 2. The van der Waals surface area contributed by atoms with Gasteiger partial charge in [-0.25, -0.2) is 17.2 Å². The van der Waals surface area contributed by atoms with Gasteiger partial charge >= 0.3 is 0 Å². The van der Waals surface area contributed by atoms with Crippen molar-refractivity contribution in [2.24, 2.45) is 0 Å². The predicted octanol–water partition coefficient (Wildman–Crippen LogP) is 3.81. The summed E-state index contributed by atoms with van der Waals surface area (Å²) in [6, 6.07) is 11.0. The first-order chi connectivity index (χ1) is 16.6. The molecule has 0 bridgehead atoms. The Bertz CT molecular complexity index is 1330. The zero-order chi connectivity index (χ0) is 25.3. The van der Waals surface area contributed by atoms with Crippen LogP contribution in [0.1, 0.15) is 58.1 Å². The number of carbonyl (C=O) groups excluding carboxylic acids is 1. The average molecular weight is 504 g/mol. The number of nitrogens with one attached hydrogen (secondary N) is 2. The second-order valence-corrected chi connectivity index (χ2v) is 11.3. The lowest BCUT2D eigenvalue weighted by molar-refractivity contribution is 0.0930. The Morgan fingerprint density at radius 3 is 2.57 bits per heavy atom. The van der Waals surface area contributed by atoms with Gasteiger partial charge in [-0.2, -0.15) is 0 Å². The first-order valence-corrected chi connectivity index (χ1v) is 12.9. The number of rotatable bonds is 6. The fourth-order valence-corrected chi connectivity index (χ4v) is 6.80. The summed E-state index contributed by atoms with van der Waals surface area (Å²) in [6.45, 7) is 5.13. The molecule has 1 aromatic heterocycles. The summed E-state index contributed by atoms with van der Waals surface area (Å²) in [6.07, 6.45) is -0.179. The fourth-order valence-electron chi connectivity index (χ4n) is 4.43. The highest BCUT2D eigenvalue weighted by Crippen LogP contribution is 2.33. The number of halogens is 2. The summed E-state index contributed by atoms with van der Waals surface area (Å²) in [4.78, 5) is 12.3. The zero-order valence-corrected chi connectivity index (χ0v) is 20.4. The standard InChI is InChI=1S/C25H27F2N3O4S/c1-14-9-22(30-34-14)25(31)29-15(2)19-12-20(26)18(10-21(19)27)11-23-16(3)28-13-24(35(23,32)33)17-7-5-4-6-8-17/h4-10,12,15-16,23-24,28H,11,13H2,1-3H3,(H,29,31)/t15?,16-,23?,24-/m0/s1. The van der Waals surface area contributed by atoms with E-state index in [2.05, 4.69) is 15.8 Å². The number of aryl methyl sites for hydroxylation is 1. The Hall–Kier alpha value is -3.11. The molecular formula is C25H27F2N3O4S. The maximum Gasteiger partial charge on any atom is 0.273 e. The van der Waals surface area contributed by atoms with Crippen molar-refractivity contribution in [3.8, 4) is 0 Å². The van der Waals surface area contributed by atoms with Crippen molar-refractivity contribution in [1.82, 2.24) is 15.8 Å². The zero-order valence-electron chi connectivity index (χ0n) is 19.6. The van der Waals surface area contributed by atoms with Gasteiger partial charge in [0.2, 0.25) is 0 Å². The monoisotopic (exact) mass is 503 g/mol. The predicted molar refractivity (Wildman–Crippen MR) is 127 cm³/mol. The third kappa shape index (κ3) is 5.13. The van der Waals surface area contributed by atoms with E-state index in [4.69, 9.17) is 4.52 Å². The van der Waals surface area contributed by atoms with E-state index in [1.54, 1.807) is 38.1 Å². The van der Waals surface area contributed by atoms with E-state index >= 15 is 8.78 Å². The number of amides is 1. The highest BCUT2D eigenvalue weighted by atomic mass is 32.2. The van der Waals surface area contributed by atoms with E-state index in [9.17, 15) is 13.2 Å². The van der Waals surface area contributed by atoms with Crippen LogP contribution in [0, 0.1) is 18.6 Å². The summed E-state index contributed by atoms with van der Waals surface area (Å²) in [7, 11) is -3.69. The van der Waals surface area contributed by atoms with Crippen LogP contribution < -0.4 is 10.6 Å². The summed E-state index contributed by atoms with van der Waals surface area (Å²) < 4.78 is 61.8. The Labute approximate surface area is 202 Å². The minimum Gasteiger partial charge on any atom is -0.361 e. The van der Waals surface area contributed by atoms with Crippen LogP contribution in [-0.4, -0.2) is 37.3 Å². The van der Waals surface area contributed by atoms with Gasteiger partial charge in [0, 0.05) is 24.2 Å². The van der Waals surface area contributed by atoms with E-state index in [0.717, 1.165) is 12.1 Å². The minimum atomic E-state index is -3.69. The summed E-state index contributed by atoms with van der Waals surface area (Å²) in [5.74, 6) is -1.61. The van der Waals surface area contributed by atoms with Crippen molar-refractivity contribution in [3.05, 3.63) is 88.3 Å². The van der Waals surface area contributed by atoms with Crippen LogP contribution in [0.4, 0.5) is 8.78 Å². The van der Waals surface area contributed by atoms with Crippen molar-refractivity contribution in [1.29, 1.82) is 0 Å². The molecule has 1 saturated heterocycles. The third-order valence-electron chi connectivity index (χ3n) is 6.43. The average Bonchev–Trinajstić information content (AvgIpc) is 3.25. The highest BCUT2D eigenvalue weighted by molar-refractivity contribution is 7.92. The maximum atomic E-state index is 15.1. The van der Waals surface area contributed by atoms with Gasteiger partial charge in [-0.05, 0) is 50.5 Å². The lowest BCUT2D eigenvalue weighted by atomic mass is 9.99. The first kappa shape index (κ1) is 25.0. The molecule has 35 heavy (non-hydrogen) atoms. The van der Waals surface area contributed by atoms with E-state index in [1.165, 1.54) is 13.0 Å². The van der Waals surface area contributed by atoms with Gasteiger partial charge in [0.15, 0.2) is 15.5 Å². The van der Waals surface area contributed by atoms with E-state index in [-0.39, 0.29) is 29.8 Å². The van der Waals surface area contributed by atoms with Crippen LogP contribution in [0.2, 0.25) is 0 Å². The van der Waals surface area contributed by atoms with Crippen molar-refractivity contribution in [3.63, 3.8) is 0 Å². The van der Waals surface area contributed by atoms with Gasteiger partial charge in [0.25, 0.3) is 5.91 Å². The third-order valence-corrected chi connectivity index (χ3v) is 9.09. The smallest absolute Gasteiger partial charge is 0.273 e. The quantitative estimate of drug-likeness (QED) is 0.531. The van der Waals surface area contributed by atoms with Gasteiger partial charge in [0.05, 0.1) is 16.5 Å². The molecule has 0 spiro atoms. The molecule has 2 N–H and O–H groups in total. The minimum absolute atomic E-state index is 0.0313. The second-order valence-electron chi connectivity index (χ2n) is 8.91. The molecule has 4 atom stereocenters. The number of nitrogens with zero attached hydrogens (tertiary/aromatic N) is 1. The van der Waals surface area contributed by atoms with Gasteiger partial charge < -0.3 is 15.2 Å². The number of sulfone groups is 1. The molecule has 4 rings (SSSR count). The molecule has 1 fully saturated rings. The molecule has 0 aliphatic carbocycles. The van der Waals surface area contributed by atoms with Gasteiger partial charge in [-0.1, -0.05) is 35.5 Å². The molecule has 1 amide bonds. The Morgan fingerprint density at radius 1 is 1.20 bits per heavy atom. The number of hydrogen-bond acceptors (Lipinski definition) is 6. The number of carbonyl (C=O) groups is 1. The Kier molecular flexibility index (Phi) is 7.05. The maximum absolute atomic E-state index is 15.1. The number of hydrogen-bond donors (Lipinski definition) is 2. The van der Waals surface area contributed by atoms with Crippen molar-refractivity contribution in [2.75, 3.05) is 6.54 Å². The molecule has 10 heteroatoms. The van der Waals surface area contributed by atoms with Crippen molar-refractivity contribution >= 4 is 15.7 Å². The molecule has 2 heterocycles. The molecule has 2 unspecified atom stereocenters. The van der Waals surface area contributed by atoms with Gasteiger partial charge in [-0.15, -0.1) is 0 Å². The molecule has 0 saturated carbocycles. The normalized spacial score (nSPS) is 22.5. The van der Waals surface area contributed by atoms with E-state index in [0.29, 0.717) is 11.3 Å². The van der Waals surface area contributed by atoms with Crippen LogP contribution in [0.25, 0.3) is 0 Å². The van der Waals surface area contributed by atoms with Crippen LogP contribution >= 0.6 is 0 Å². The lowest BCUT2D eigenvalue weighted by Gasteiger charge is -2.35. The van der Waals surface area contributed by atoms with Crippen LogP contribution in [0.5, 0.6) is 0 Å². The van der Waals surface area contributed by atoms with Crippen LogP contribution in [0.3, 0.4) is 0 Å². The SMILES string of the molecule is Cc1cc(C(=O)NC(C)c2cc(F)c(CC3[C@H](C)NC[C@@H](c4ccccc4)S3(=O)=O)cc2F)no1. The first-order valence-electron chi connectivity index (χ1n) is 11.3. The molecule has 186 valence electrons. The van der Waals surface area contributed by atoms with E-state index < -0.39 is 50.0 Å². The summed E-state index contributed by atoms with van der Waals surface area (Å²) >= 11 is 0. The van der Waals surface area contributed by atoms with E-state index in [1.807, 2.05) is 6.07 Å². The van der Waals surface area contributed by atoms with Crippen molar-refractivity contribution < 1.29 is 26.5 Å². The summed E-state index contributed by atoms with van der Waals surface area (Å²) in [5, 5.41) is 7.67. The molecule has 3 aromatic rings. The molecular weight excluding hydrogens is 476 g/mol. The molecule has 1 aliphatic rings. The topological polar surface area (TPSA) is 101 Å². The van der Waals surface area contributed by atoms with Crippen molar-refractivity contribution in [2.45, 2.75) is 49.8 Å². The Balaban J connectivity index is 1.55. The fraction of sp³-hybridized carbons (Fsp3) is 0.360. The van der Waals surface area contributed by atoms with Gasteiger partial charge in [-0.3, -0.25) is 4.79 Å². The Morgan fingerprint density at radius 2 is 1.91 bits per heavy atom. The number of aromatic nitrogens is 1. The molecule has 2 aromatic carbocycles. The summed E-state index contributed by atoms with van der Waals surface area (Å²) in [5.41, 5.74) is 0.599. The molecule has 0 radical (unpaired) electrons.